The van der Waals surface area contributed by atoms with Crippen molar-refractivity contribution in [3.63, 3.8) is 0 Å². The summed E-state index contributed by atoms with van der Waals surface area (Å²) in [6.07, 6.45) is 0. The van der Waals surface area contributed by atoms with Gasteiger partial charge in [-0.3, -0.25) is 0 Å². The topological polar surface area (TPSA) is 0 Å². The minimum Gasteiger partial charge on any atom is -0.0622 e. The molecule has 0 aliphatic heterocycles. The number of rotatable bonds is 2. The molecule has 0 N–H and O–H groups in total. The van der Waals surface area contributed by atoms with E-state index in [-0.39, 0.29) is 5.41 Å². The van der Waals surface area contributed by atoms with Gasteiger partial charge in [0.2, 0.25) is 0 Å². The predicted molar refractivity (Wildman–Crippen MR) is 126 cm³/mol. The molecule has 0 nitrogen and oxygen atoms in total. The monoisotopic (exact) mass is 382 g/mol. The van der Waals surface area contributed by atoms with E-state index in [1.54, 1.807) is 0 Å². The van der Waals surface area contributed by atoms with Crippen LogP contribution in [-0.2, 0) is 5.41 Å². The molecule has 0 bridgehead atoms. The summed E-state index contributed by atoms with van der Waals surface area (Å²) in [7, 11) is 0. The van der Waals surface area contributed by atoms with Gasteiger partial charge < -0.3 is 0 Å². The normalized spacial score (nSPS) is 13.8. The van der Waals surface area contributed by atoms with Crippen molar-refractivity contribution in [1.29, 1.82) is 0 Å². The summed E-state index contributed by atoms with van der Waals surface area (Å²) in [6.45, 7) is 2.20. The zero-order valence-electron chi connectivity index (χ0n) is 17.0. The maximum absolute atomic E-state index is 2.39. The number of benzene rings is 5. The summed E-state index contributed by atoms with van der Waals surface area (Å²) in [5.74, 6) is 0. The van der Waals surface area contributed by atoms with Crippen LogP contribution in [0.5, 0.6) is 0 Å². The quantitative estimate of drug-likeness (QED) is 0.291. The van der Waals surface area contributed by atoms with Gasteiger partial charge in [-0.2, -0.15) is 0 Å². The van der Waals surface area contributed by atoms with Crippen molar-refractivity contribution in [2.75, 3.05) is 0 Å². The third-order valence-electron chi connectivity index (χ3n) is 6.59. The largest absolute Gasteiger partial charge is 0.0719 e. The molecule has 0 spiro atoms. The van der Waals surface area contributed by atoms with Crippen molar-refractivity contribution >= 4 is 10.8 Å². The molecule has 0 saturated carbocycles. The van der Waals surface area contributed by atoms with E-state index in [2.05, 4.69) is 122 Å². The average Bonchev–Trinajstić information content (AvgIpc) is 3.11. The van der Waals surface area contributed by atoms with Crippen LogP contribution in [0.1, 0.15) is 27.8 Å². The molecule has 0 heteroatoms. The highest BCUT2D eigenvalue weighted by Crippen LogP contribution is 2.58. The summed E-state index contributed by atoms with van der Waals surface area (Å²) >= 11 is 0. The van der Waals surface area contributed by atoms with E-state index < -0.39 is 0 Å². The number of hydrogen-bond acceptors (Lipinski definition) is 0. The molecule has 0 fully saturated rings. The molecular weight excluding hydrogens is 360 g/mol. The van der Waals surface area contributed by atoms with Crippen LogP contribution in [0.3, 0.4) is 0 Å². The van der Waals surface area contributed by atoms with E-state index >= 15 is 0 Å². The highest BCUT2D eigenvalue weighted by Gasteiger charge is 2.46. The second-order valence-corrected chi connectivity index (χ2v) is 8.24. The van der Waals surface area contributed by atoms with Crippen LogP contribution in [0, 0.1) is 6.92 Å². The van der Waals surface area contributed by atoms with Gasteiger partial charge in [-0.1, -0.05) is 121 Å². The lowest BCUT2D eigenvalue weighted by Crippen LogP contribution is -2.28. The Morgan fingerprint density at radius 3 is 1.83 bits per heavy atom. The van der Waals surface area contributed by atoms with Gasteiger partial charge >= 0.3 is 0 Å². The summed E-state index contributed by atoms with van der Waals surface area (Å²) in [6, 6.07) is 42.4. The summed E-state index contributed by atoms with van der Waals surface area (Å²) in [4.78, 5) is 0. The van der Waals surface area contributed by atoms with Crippen molar-refractivity contribution < 1.29 is 0 Å². The predicted octanol–water partition coefficient (Wildman–Crippen LogP) is 7.51. The minimum absolute atomic E-state index is 0.333. The Morgan fingerprint density at radius 2 is 1.13 bits per heavy atom. The first kappa shape index (κ1) is 17.2. The van der Waals surface area contributed by atoms with Crippen LogP contribution in [0.2, 0.25) is 0 Å². The molecule has 0 aromatic heterocycles. The highest BCUT2D eigenvalue weighted by atomic mass is 14.5. The van der Waals surface area contributed by atoms with E-state index in [1.807, 2.05) is 0 Å². The third kappa shape index (κ3) is 2.22. The maximum Gasteiger partial charge on any atom is 0.0719 e. The van der Waals surface area contributed by atoms with Crippen LogP contribution < -0.4 is 0 Å². The van der Waals surface area contributed by atoms with E-state index in [0.29, 0.717) is 0 Å². The van der Waals surface area contributed by atoms with Crippen molar-refractivity contribution in [1.82, 2.24) is 0 Å². The van der Waals surface area contributed by atoms with Gasteiger partial charge in [0.25, 0.3) is 0 Å². The van der Waals surface area contributed by atoms with Crippen molar-refractivity contribution in [3.05, 3.63) is 143 Å². The molecule has 0 heterocycles. The van der Waals surface area contributed by atoms with Crippen LogP contribution in [-0.4, -0.2) is 0 Å². The second kappa shape index (κ2) is 6.43. The Kier molecular flexibility index (Phi) is 3.70. The van der Waals surface area contributed by atoms with Crippen LogP contribution >= 0.6 is 0 Å². The zero-order valence-corrected chi connectivity index (χ0v) is 17.0. The molecule has 0 atom stereocenters. The molecule has 5 aromatic carbocycles. The van der Waals surface area contributed by atoms with E-state index in [9.17, 15) is 0 Å². The lowest BCUT2D eigenvalue weighted by molar-refractivity contribution is 0.774. The van der Waals surface area contributed by atoms with Crippen molar-refractivity contribution in [2.45, 2.75) is 12.3 Å². The third-order valence-corrected chi connectivity index (χ3v) is 6.59. The van der Waals surface area contributed by atoms with Gasteiger partial charge in [0.05, 0.1) is 5.41 Å². The van der Waals surface area contributed by atoms with Gasteiger partial charge in [-0.05, 0) is 51.1 Å². The van der Waals surface area contributed by atoms with Crippen LogP contribution in [0.15, 0.2) is 115 Å². The zero-order chi connectivity index (χ0) is 20.1. The van der Waals surface area contributed by atoms with E-state index in [0.717, 1.165) is 0 Å². The first-order valence-electron chi connectivity index (χ1n) is 10.5. The molecule has 0 amide bonds. The Labute approximate surface area is 177 Å². The highest BCUT2D eigenvalue weighted by molar-refractivity contribution is 6.00. The van der Waals surface area contributed by atoms with Gasteiger partial charge in [-0.15, -0.1) is 0 Å². The first-order valence-corrected chi connectivity index (χ1v) is 10.5. The lowest BCUT2D eigenvalue weighted by atomic mass is 9.66. The molecular formula is C30H22. The Balaban J connectivity index is 1.89. The van der Waals surface area contributed by atoms with Gasteiger partial charge in [0.15, 0.2) is 0 Å². The van der Waals surface area contributed by atoms with Gasteiger partial charge in [0.1, 0.15) is 0 Å². The molecule has 1 aliphatic rings. The average molecular weight is 383 g/mol. The maximum atomic E-state index is 2.39. The first-order chi connectivity index (χ1) is 14.8. The molecule has 6 rings (SSSR count). The Hall–Kier alpha value is -3.64. The molecule has 142 valence electrons. The number of fused-ring (bicyclic) bond motifs is 5. The molecule has 0 unspecified atom stereocenters. The number of hydrogen-bond donors (Lipinski definition) is 0. The van der Waals surface area contributed by atoms with Crippen LogP contribution in [0.25, 0.3) is 21.9 Å². The molecule has 1 aliphatic carbocycles. The second-order valence-electron chi connectivity index (χ2n) is 8.24. The van der Waals surface area contributed by atoms with E-state index in [1.165, 1.54) is 49.7 Å². The fourth-order valence-corrected chi connectivity index (χ4v) is 5.38. The van der Waals surface area contributed by atoms with Crippen LogP contribution in [0.4, 0.5) is 0 Å². The van der Waals surface area contributed by atoms with Crippen molar-refractivity contribution in [3.8, 4) is 11.1 Å². The summed E-state index contributed by atoms with van der Waals surface area (Å²) in [5.41, 5.74) is 9.06. The Morgan fingerprint density at radius 1 is 0.533 bits per heavy atom. The van der Waals surface area contributed by atoms with Gasteiger partial charge in [-0.25, -0.2) is 0 Å². The molecule has 5 aromatic rings. The standard InChI is InChI=1S/C30H22/c1-21-16-18-26-27-19-17-22-10-8-9-15-25(22)29(27)30(28(26)20-21,23-11-4-2-5-12-23)24-13-6-3-7-14-24/h2-20H,1H3. The minimum atomic E-state index is -0.333. The Bertz CT molecular complexity index is 1340. The number of aryl methyl sites for hydroxylation is 1. The molecule has 30 heavy (non-hydrogen) atoms. The molecule has 0 radical (unpaired) electrons. The smallest absolute Gasteiger partial charge is 0.0622 e. The van der Waals surface area contributed by atoms with Gasteiger partial charge in [0, 0.05) is 0 Å². The fourth-order valence-electron chi connectivity index (χ4n) is 5.38. The SMILES string of the molecule is Cc1ccc2c(c1)C(c1ccccc1)(c1ccccc1)c1c-2ccc2ccccc12. The summed E-state index contributed by atoms with van der Waals surface area (Å²) in [5, 5.41) is 2.62. The summed E-state index contributed by atoms with van der Waals surface area (Å²) < 4.78 is 0. The van der Waals surface area contributed by atoms with E-state index in [4.69, 9.17) is 0 Å². The molecule has 0 saturated heterocycles. The lowest BCUT2D eigenvalue weighted by Gasteiger charge is -2.34. The van der Waals surface area contributed by atoms with Crippen molar-refractivity contribution in [2.24, 2.45) is 0 Å². The fraction of sp³-hybridized carbons (Fsp3) is 0.0667.